The van der Waals surface area contributed by atoms with Crippen molar-refractivity contribution in [2.75, 3.05) is 0 Å². The summed E-state index contributed by atoms with van der Waals surface area (Å²) in [5.41, 5.74) is 3.67. The Bertz CT molecular complexity index is 452. The number of aromatic amines is 1. The first kappa shape index (κ1) is 11.6. The Morgan fingerprint density at radius 1 is 1.18 bits per heavy atom. The maximum absolute atomic E-state index is 3.98. The molecule has 0 saturated carbocycles. The minimum atomic E-state index is 1.03. The first-order valence-corrected chi connectivity index (χ1v) is 6.14. The van der Waals surface area contributed by atoms with Gasteiger partial charge in [-0.25, -0.2) is 4.98 Å². The van der Waals surface area contributed by atoms with Crippen LogP contribution in [0.1, 0.15) is 36.6 Å². The molecule has 0 aliphatic heterocycles. The lowest BCUT2D eigenvalue weighted by Crippen LogP contribution is -1.84. The fourth-order valence-electron chi connectivity index (χ4n) is 1.72. The standard InChI is InChI=1S/C15H18N2/c1-2-3-4-13-5-7-14(8-6-13)9-10-15-11-16-12-17-15/h5-12H,2-4H2,1H3,(H,16,17)/b10-9+. The van der Waals surface area contributed by atoms with E-state index >= 15 is 0 Å². The van der Waals surface area contributed by atoms with Crippen LogP contribution in [0, 0.1) is 0 Å². The van der Waals surface area contributed by atoms with Gasteiger partial charge in [0.15, 0.2) is 0 Å². The van der Waals surface area contributed by atoms with Gasteiger partial charge in [-0.05, 0) is 30.0 Å². The molecule has 0 amide bonds. The van der Waals surface area contributed by atoms with E-state index in [0.717, 1.165) is 5.69 Å². The monoisotopic (exact) mass is 226 g/mol. The van der Waals surface area contributed by atoms with Gasteiger partial charge in [0.1, 0.15) is 0 Å². The zero-order valence-corrected chi connectivity index (χ0v) is 10.2. The number of hydrogen-bond acceptors (Lipinski definition) is 1. The van der Waals surface area contributed by atoms with Gasteiger partial charge in [-0.1, -0.05) is 43.7 Å². The molecule has 1 N–H and O–H groups in total. The summed E-state index contributed by atoms with van der Waals surface area (Å²) in [6.45, 7) is 2.22. The Hall–Kier alpha value is -1.83. The molecule has 0 aliphatic rings. The number of aryl methyl sites for hydroxylation is 1. The van der Waals surface area contributed by atoms with Crippen LogP contribution < -0.4 is 0 Å². The number of unbranched alkanes of at least 4 members (excludes halogenated alkanes) is 1. The van der Waals surface area contributed by atoms with E-state index in [-0.39, 0.29) is 0 Å². The van der Waals surface area contributed by atoms with Crippen LogP contribution in [0.15, 0.2) is 36.8 Å². The van der Waals surface area contributed by atoms with Crippen LogP contribution >= 0.6 is 0 Å². The minimum absolute atomic E-state index is 1.03. The predicted molar refractivity (Wildman–Crippen MR) is 72.6 cm³/mol. The first-order valence-electron chi connectivity index (χ1n) is 6.14. The fourth-order valence-corrected chi connectivity index (χ4v) is 1.72. The van der Waals surface area contributed by atoms with Gasteiger partial charge >= 0.3 is 0 Å². The van der Waals surface area contributed by atoms with Crippen LogP contribution in [0.5, 0.6) is 0 Å². The largest absolute Gasteiger partial charge is 0.345 e. The smallest absolute Gasteiger partial charge is 0.0924 e. The molecule has 1 heterocycles. The number of imidazole rings is 1. The molecular formula is C15H18N2. The van der Waals surface area contributed by atoms with E-state index in [1.807, 2.05) is 12.3 Å². The van der Waals surface area contributed by atoms with E-state index in [9.17, 15) is 0 Å². The molecule has 0 bridgehead atoms. The van der Waals surface area contributed by atoms with Crippen molar-refractivity contribution in [3.8, 4) is 0 Å². The molecule has 0 atom stereocenters. The highest BCUT2D eigenvalue weighted by Crippen LogP contribution is 2.10. The van der Waals surface area contributed by atoms with Crippen LogP contribution in [0.4, 0.5) is 0 Å². The summed E-state index contributed by atoms with van der Waals surface area (Å²) in [4.78, 5) is 7.02. The van der Waals surface area contributed by atoms with Crippen LogP contribution in [-0.2, 0) is 6.42 Å². The highest BCUT2D eigenvalue weighted by molar-refractivity contribution is 5.67. The van der Waals surface area contributed by atoms with Crippen molar-refractivity contribution in [2.45, 2.75) is 26.2 Å². The summed E-state index contributed by atoms with van der Waals surface area (Å²) in [6.07, 6.45) is 11.3. The summed E-state index contributed by atoms with van der Waals surface area (Å²) >= 11 is 0. The Kier molecular flexibility index (Phi) is 4.14. The van der Waals surface area contributed by atoms with Gasteiger partial charge in [-0.3, -0.25) is 0 Å². The fraction of sp³-hybridized carbons (Fsp3) is 0.267. The Labute approximate surface area is 102 Å². The van der Waals surface area contributed by atoms with Crippen molar-refractivity contribution in [2.24, 2.45) is 0 Å². The molecule has 0 aliphatic carbocycles. The molecule has 0 fully saturated rings. The summed E-state index contributed by atoms with van der Waals surface area (Å²) in [5, 5.41) is 0. The lowest BCUT2D eigenvalue weighted by molar-refractivity contribution is 0.795. The minimum Gasteiger partial charge on any atom is -0.345 e. The first-order chi connectivity index (χ1) is 8.38. The molecule has 1 aromatic heterocycles. The van der Waals surface area contributed by atoms with Gasteiger partial charge in [0.05, 0.1) is 18.2 Å². The highest BCUT2D eigenvalue weighted by Gasteiger charge is 1.92. The zero-order chi connectivity index (χ0) is 11.9. The molecule has 1 aromatic carbocycles. The highest BCUT2D eigenvalue weighted by atomic mass is 14.8. The van der Waals surface area contributed by atoms with Crippen molar-refractivity contribution < 1.29 is 0 Å². The van der Waals surface area contributed by atoms with Crippen LogP contribution in [0.3, 0.4) is 0 Å². The molecule has 0 radical (unpaired) electrons. The van der Waals surface area contributed by atoms with E-state index in [1.165, 1.54) is 30.4 Å². The third-order valence-corrected chi connectivity index (χ3v) is 2.77. The molecular weight excluding hydrogens is 208 g/mol. The lowest BCUT2D eigenvalue weighted by atomic mass is 10.1. The third kappa shape index (κ3) is 3.59. The number of aromatic nitrogens is 2. The summed E-state index contributed by atoms with van der Waals surface area (Å²) in [5.74, 6) is 0. The molecule has 2 heteroatoms. The molecule has 0 spiro atoms. The van der Waals surface area contributed by atoms with Crippen LogP contribution in [-0.4, -0.2) is 9.97 Å². The van der Waals surface area contributed by atoms with Crippen molar-refractivity contribution >= 4 is 12.2 Å². The summed E-state index contributed by atoms with van der Waals surface area (Å²) in [6, 6.07) is 8.75. The van der Waals surface area contributed by atoms with Gasteiger partial charge in [0.2, 0.25) is 0 Å². The number of rotatable bonds is 5. The van der Waals surface area contributed by atoms with Crippen LogP contribution in [0.2, 0.25) is 0 Å². The van der Waals surface area contributed by atoms with Gasteiger partial charge in [0.25, 0.3) is 0 Å². The van der Waals surface area contributed by atoms with E-state index in [4.69, 9.17) is 0 Å². The molecule has 2 rings (SSSR count). The summed E-state index contributed by atoms with van der Waals surface area (Å²) < 4.78 is 0. The number of nitrogens with zero attached hydrogens (tertiary/aromatic N) is 1. The van der Waals surface area contributed by atoms with Gasteiger partial charge in [0, 0.05) is 0 Å². The molecule has 2 nitrogen and oxygen atoms in total. The van der Waals surface area contributed by atoms with E-state index in [2.05, 4.69) is 47.2 Å². The Morgan fingerprint density at radius 2 is 2.00 bits per heavy atom. The molecule has 2 aromatic rings. The predicted octanol–water partition coefficient (Wildman–Crippen LogP) is 3.92. The van der Waals surface area contributed by atoms with Crippen LogP contribution in [0.25, 0.3) is 12.2 Å². The van der Waals surface area contributed by atoms with E-state index in [0.29, 0.717) is 0 Å². The van der Waals surface area contributed by atoms with Gasteiger partial charge in [-0.15, -0.1) is 0 Å². The van der Waals surface area contributed by atoms with E-state index in [1.54, 1.807) is 6.33 Å². The van der Waals surface area contributed by atoms with Crippen molar-refractivity contribution in [1.82, 2.24) is 9.97 Å². The van der Waals surface area contributed by atoms with Crippen molar-refractivity contribution in [1.29, 1.82) is 0 Å². The molecule has 0 unspecified atom stereocenters. The Morgan fingerprint density at radius 3 is 2.65 bits per heavy atom. The maximum atomic E-state index is 3.98. The molecule has 17 heavy (non-hydrogen) atoms. The zero-order valence-electron chi connectivity index (χ0n) is 10.2. The average molecular weight is 226 g/mol. The number of nitrogens with one attached hydrogen (secondary N) is 1. The van der Waals surface area contributed by atoms with Gasteiger partial charge in [-0.2, -0.15) is 0 Å². The number of benzene rings is 1. The van der Waals surface area contributed by atoms with Gasteiger partial charge < -0.3 is 4.98 Å². The normalized spacial score (nSPS) is 11.1. The maximum Gasteiger partial charge on any atom is 0.0924 e. The molecule has 88 valence electrons. The van der Waals surface area contributed by atoms with Crippen molar-refractivity contribution in [3.05, 3.63) is 53.6 Å². The average Bonchev–Trinajstić information content (AvgIpc) is 2.88. The quantitative estimate of drug-likeness (QED) is 0.822. The van der Waals surface area contributed by atoms with Crippen molar-refractivity contribution in [3.63, 3.8) is 0 Å². The second-order valence-electron chi connectivity index (χ2n) is 4.19. The Balaban J connectivity index is 1.98. The van der Waals surface area contributed by atoms with E-state index < -0.39 is 0 Å². The SMILES string of the molecule is CCCCc1ccc(/C=C/c2cnc[nH]2)cc1. The lowest BCUT2D eigenvalue weighted by Gasteiger charge is -2.00. The second-order valence-corrected chi connectivity index (χ2v) is 4.19. The second kappa shape index (κ2) is 6.04. The third-order valence-electron chi connectivity index (χ3n) is 2.77. The summed E-state index contributed by atoms with van der Waals surface area (Å²) in [7, 11) is 0. The number of H-pyrrole nitrogens is 1. The topological polar surface area (TPSA) is 28.7 Å². The molecule has 0 saturated heterocycles. The number of hydrogen-bond donors (Lipinski definition) is 1.